The summed E-state index contributed by atoms with van der Waals surface area (Å²) in [6, 6.07) is 4.52. The van der Waals surface area contributed by atoms with Gasteiger partial charge in [-0.3, -0.25) is 9.89 Å². The van der Waals surface area contributed by atoms with Gasteiger partial charge >= 0.3 is 0 Å². The highest BCUT2D eigenvalue weighted by atomic mass is 19.1. The Morgan fingerprint density at radius 3 is 3.00 bits per heavy atom. The number of hydrogen-bond donors (Lipinski definition) is 2. The predicted molar refractivity (Wildman–Crippen MR) is 63.6 cm³/mol. The first-order valence-corrected chi connectivity index (χ1v) is 5.55. The number of H-pyrrole nitrogens is 1. The molecule has 5 nitrogen and oxygen atoms in total. The van der Waals surface area contributed by atoms with Crippen LogP contribution in [0, 0.1) is 12.7 Å². The molecule has 1 aromatic carbocycles. The highest BCUT2D eigenvalue weighted by molar-refractivity contribution is 5.94. The van der Waals surface area contributed by atoms with Crippen LogP contribution in [0.25, 0.3) is 0 Å². The SMILES string of the molecule is Cc1ccc(C(=O)NCCc2ncn[nH]2)c(F)c1. The predicted octanol–water partition coefficient (Wildman–Crippen LogP) is 1.22. The Morgan fingerprint density at radius 1 is 1.50 bits per heavy atom. The van der Waals surface area contributed by atoms with Crippen molar-refractivity contribution in [2.24, 2.45) is 0 Å². The number of carbonyl (C=O) groups is 1. The maximum absolute atomic E-state index is 13.5. The third kappa shape index (κ3) is 2.91. The molecule has 6 heteroatoms. The number of amides is 1. The average Bonchev–Trinajstić information content (AvgIpc) is 2.81. The van der Waals surface area contributed by atoms with E-state index in [0.29, 0.717) is 18.8 Å². The quantitative estimate of drug-likeness (QED) is 0.854. The van der Waals surface area contributed by atoms with Crippen LogP contribution in [-0.4, -0.2) is 27.6 Å². The molecule has 18 heavy (non-hydrogen) atoms. The second-order valence-electron chi connectivity index (χ2n) is 3.92. The van der Waals surface area contributed by atoms with Crippen molar-refractivity contribution in [3.05, 3.63) is 47.3 Å². The van der Waals surface area contributed by atoms with Crippen molar-refractivity contribution in [3.63, 3.8) is 0 Å². The van der Waals surface area contributed by atoms with E-state index in [9.17, 15) is 9.18 Å². The largest absolute Gasteiger partial charge is 0.351 e. The lowest BCUT2D eigenvalue weighted by atomic mass is 10.1. The van der Waals surface area contributed by atoms with Crippen LogP contribution in [0.2, 0.25) is 0 Å². The first kappa shape index (κ1) is 12.2. The van der Waals surface area contributed by atoms with Crippen LogP contribution in [0.15, 0.2) is 24.5 Å². The molecule has 0 spiro atoms. The number of aromatic nitrogens is 3. The van der Waals surface area contributed by atoms with Gasteiger partial charge in [0.05, 0.1) is 5.56 Å². The summed E-state index contributed by atoms with van der Waals surface area (Å²) in [5, 5.41) is 9.01. The summed E-state index contributed by atoms with van der Waals surface area (Å²) in [6.07, 6.45) is 1.93. The first-order chi connectivity index (χ1) is 8.66. The van der Waals surface area contributed by atoms with Gasteiger partial charge in [0.2, 0.25) is 0 Å². The molecule has 0 atom stereocenters. The van der Waals surface area contributed by atoms with Gasteiger partial charge in [0, 0.05) is 13.0 Å². The van der Waals surface area contributed by atoms with E-state index in [1.165, 1.54) is 18.5 Å². The number of aromatic amines is 1. The number of hydrogen-bond acceptors (Lipinski definition) is 3. The van der Waals surface area contributed by atoms with E-state index in [4.69, 9.17) is 0 Å². The summed E-state index contributed by atoms with van der Waals surface area (Å²) in [5.74, 6) is -0.251. The number of aryl methyl sites for hydroxylation is 1. The van der Waals surface area contributed by atoms with Gasteiger partial charge in [0.15, 0.2) is 0 Å². The van der Waals surface area contributed by atoms with E-state index in [1.807, 2.05) is 0 Å². The first-order valence-electron chi connectivity index (χ1n) is 5.55. The van der Waals surface area contributed by atoms with Crippen LogP contribution in [0.1, 0.15) is 21.7 Å². The summed E-state index contributed by atoms with van der Waals surface area (Å²) in [6.45, 7) is 2.15. The molecule has 0 aliphatic rings. The highest BCUT2D eigenvalue weighted by Gasteiger charge is 2.10. The molecule has 2 rings (SSSR count). The maximum atomic E-state index is 13.5. The molecule has 94 valence electrons. The number of nitrogens with zero attached hydrogens (tertiary/aromatic N) is 2. The second kappa shape index (κ2) is 5.39. The molecule has 1 heterocycles. The van der Waals surface area contributed by atoms with Crippen molar-refractivity contribution in [2.75, 3.05) is 6.54 Å². The van der Waals surface area contributed by atoms with E-state index in [0.717, 1.165) is 5.56 Å². The lowest BCUT2D eigenvalue weighted by Gasteiger charge is -2.05. The zero-order valence-electron chi connectivity index (χ0n) is 9.90. The number of rotatable bonds is 4. The lowest BCUT2D eigenvalue weighted by Crippen LogP contribution is -2.26. The van der Waals surface area contributed by atoms with Crippen LogP contribution < -0.4 is 5.32 Å². The molecule has 2 aromatic rings. The fourth-order valence-corrected chi connectivity index (χ4v) is 1.55. The van der Waals surface area contributed by atoms with Gasteiger partial charge in [0.25, 0.3) is 5.91 Å². The normalized spacial score (nSPS) is 10.3. The van der Waals surface area contributed by atoms with Crippen LogP contribution in [0.4, 0.5) is 4.39 Å². The maximum Gasteiger partial charge on any atom is 0.254 e. The van der Waals surface area contributed by atoms with E-state index in [2.05, 4.69) is 20.5 Å². The van der Waals surface area contributed by atoms with Crippen molar-refractivity contribution < 1.29 is 9.18 Å². The van der Waals surface area contributed by atoms with Crippen LogP contribution in [-0.2, 0) is 6.42 Å². The molecule has 0 fully saturated rings. The van der Waals surface area contributed by atoms with Gasteiger partial charge in [-0.15, -0.1) is 0 Å². The molecule has 1 aromatic heterocycles. The summed E-state index contributed by atoms with van der Waals surface area (Å²) in [5.41, 5.74) is 0.837. The smallest absolute Gasteiger partial charge is 0.254 e. The fourth-order valence-electron chi connectivity index (χ4n) is 1.55. The fraction of sp³-hybridized carbons (Fsp3) is 0.250. The molecule has 0 saturated carbocycles. The Kier molecular flexibility index (Phi) is 3.66. The molecular formula is C12H13FN4O. The molecule has 0 aliphatic heterocycles. The lowest BCUT2D eigenvalue weighted by molar-refractivity contribution is 0.0950. The number of carbonyl (C=O) groups excluding carboxylic acids is 1. The molecule has 0 bridgehead atoms. The second-order valence-corrected chi connectivity index (χ2v) is 3.92. The van der Waals surface area contributed by atoms with Gasteiger partial charge in [0.1, 0.15) is 18.0 Å². The van der Waals surface area contributed by atoms with Crippen molar-refractivity contribution in [3.8, 4) is 0 Å². The van der Waals surface area contributed by atoms with Crippen molar-refractivity contribution in [1.29, 1.82) is 0 Å². The summed E-state index contributed by atoms with van der Waals surface area (Å²) in [4.78, 5) is 15.6. The zero-order valence-corrected chi connectivity index (χ0v) is 9.90. The van der Waals surface area contributed by atoms with Gasteiger partial charge in [-0.05, 0) is 24.6 Å². The van der Waals surface area contributed by atoms with Crippen LogP contribution in [0.3, 0.4) is 0 Å². The Labute approximate surface area is 103 Å². The minimum atomic E-state index is -0.507. The molecule has 0 radical (unpaired) electrons. The van der Waals surface area contributed by atoms with E-state index in [1.54, 1.807) is 13.0 Å². The van der Waals surface area contributed by atoms with E-state index < -0.39 is 11.7 Å². The monoisotopic (exact) mass is 248 g/mol. The third-order valence-corrected chi connectivity index (χ3v) is 2.48. The van der Waals surface area contributed by atoms with Crippen LogP contribution in [0.5, 0.6) is 0 Å². The number of nitrogens with one attached hydrogen (secondary N) is 2. The van der Waals surface area contributed by atoms with Crippen molar-refractivity contribution in [1.82, 2.24) is 20.5 Å². The molecular weight excluding hydrogens is 235 g/mol. The van der Waals surface area contributed by atoms with E-state index in [-0.39, 0.29) is 5.56 Å². The third-order valence-electron chi connectivity index (χ3n) is 2.48. The summed E-state index contributed by atoms with van der Waals surface area (Å²) >= 11 is 0. The average molecular weight is 248 g/mol. The topological polar surface area (TPSA) is 70.7 Å². The zero-order chi connectivity index (χ0) is 13.0. The van der Waals surface area contributed by atoms with Gasteiger partial charge < -0.3 is 5.32 Å². The Hall–Kier alpha value is -2.24. The molecule has 0 unspecified atom stereocenters. The van der Waals surface area contributed by atoms with Crippen molar-refractivity contribution in [2.45, 2.75) is 13.3 Å². The van der Waals surface area contributed by atoms with Gasteiger partial charge in [-0.2, -0.15) is 5.10 Å². The molecule has 1 amide bonds. The minimum absolute atomic E-state index is 0.0539. The Morgan fingerprint density at radius 2 is 2.33 bits per heavy atom. The summed E-state index contributed by atoms with van der Waals surface area (Å²) < 4.78 is 13.5. The molecule has 2 N–H and O–H groups in total. The van der Waals surface area contributed by atoms with E-state index >= 15 is 0 Å². The van der Waals surface area contributed by atoms with Gasteiger partial charge in [-0.1, -0.05) is 6.07 Å². The highest BCUT2D eigenvalue weighted by Crippen LogP contribution is 2.09. The van der Waals surface area contributed by atoms with Gasteiger partial charge in [-0.25, -0.2) is 9.37 Å². The molecule has 0 aliphatic carbocycles. The van der Waals surface area contributed by atoms with Crippen molar-refractivity contribution >= 4 is 5.91 Å². The van der Waals surface area contributed by atoms with Crippen LogP contribution >= 0.6 is 0 Å². The Balaban J connectivity index is 1.91. The summed E-state index contributed by atoms with van der Waals surface area (Å²) in [7, 11) is 0. The Bertz CT molecular complexity index is 539. The minimum Gasteiger partial charge on any atom is -0.351 e. The molecule has 0 saturated heterocycles. The number of halogens is 1. The standard InChI is InChI=1S/C12H13FN4O/c1-8-2-3-9(10(13)6-8)12(18)14-5-4-11-15-7-16-17-11/h2-3,6-7H,4-5H2,1H3,(H,14,18)(H,15,16,17). The number of benzene rings is 1.